The van der Waals surface area contributed by atoms with Crippen LogP contribution in [0.15, 0.2) is 29.8 Å². The molecule has 150 valence electrons. The average Bonchev–Trinajstić information content (AvgIpc) is 2.94. The van der Waals surface area contributed by atoms with Gasteiger partial charge in [-0.3, -0.25) is 9.78 Å². The van der Waals surface area contributed by atoms with Crippen molar-refractivity contribution >= 4 is 42.1 Å². The van der Waals surface area contributed by atoms with Crippen LogP contribution in [0.3, 0.4) is 0 Å². The predicted octanol–water partition coefficient (Wildman–Crippen LogP) is 4.02. The predicted molar refractivity (Wildman–Crippen MR) is 116 cm³/mol. The Balaban J connectivity index is 0.00000182. The molecular formula is C19H28Cl2N4OS. The van der Waals surface area contributed by atoms with Gasteiger partial charge in [-0.25, -0.2) is 4.98 Å². The summed E-state index contributed by atoms with van der Waals surface area (Å²) in [5, 5.41) is 9.35. The van der Waals surface area contributed by atoms with Crippen LogP contribution in [0.25, 0.3) is 10.7 Å². The lowest BCUT2D eigenvalue weighted by atomic mass is 10.1. The summed E-state index contributed by atoms with van der Waals surface area (Å²) < 4.78 is 0. The second-order valence-electron chi connectivity index (χ2n) is 6.53. The normalized spacial score (nSPS) is 14.5. The molecule has 2 heterocycles. The van der Waals surface area contributed by atoms with Gasteiger partial charge in [0.15, 0.2) is 0 Å². The van der Waals surface area contributed by atoms with Gasteiger partial charge in [0.25, 0.3) is 0 Å². The van der Waals surface area contributed by atoms with Gasteiger partial charge in [0.2, 0.25) is 5.91 Å². The number of amides is 1. The summed E-state index contributed by atoms with van der Waals surface area (Å²) in [6.07, 6.45) is 9.99. The molecule has 27 heavy (non-hydrogen) atoms. The highest BCUT2D eigenvalue weighted by molar-refractivity contribution is 7.13. The zero-order chi connectivity index (χ0) is 17.3. The molecule has 5 nitrogen and oxygen atoms in total. The lowest BCUT2D eigenvalue weighted by molar-refractivity contribution is -0.120. The van der Waals surface area contributed by atoms with Crippen LogP contribution in [0.1, 0.15) is 44.2 Å². The first-order valence-electron chi connectivity index (χ1n) is 9.17. The van der Waals surface area contributed by atoms with Gasteiger partial charge in [0, 0.05) is 30.7 Å². The lowest BCUT2D eigenvalue weighted by Crippen LogP contribution is -2.37. The molecule has 1 amide bonds. The van der Waals surface area contributed by atoms with E-state index in [2.05, 4.69) is 20.6 Å². The van der Waals surface area contributed by atoms with Gasteiger partial charge in [-0.05, 0) is 25.0 Å². The third-order valence-corrected chi connectivity index (χ3v) is 5.43. The van der Waals surface area contributed by atoms with E-state index in [1.54, 1.807) is 6.20 Å². The molecule has 2 N–H and O–H groups in total. The van der Waals surface area contributed by atoms with Gasteiger partial charge in [-0.2, -0.15) is 0 Å². The van der Waals surface area contributed by atoms with E-state index in [0.717, 1.165) is 22.9 Å². The Morgan fingerprint density at radius 1 is 1.11 bits per heavy atom. The first kappa shape index (κ1) is 23.8. The minimum Gasteiger partial charge on any atom is -0.354 e. The van der Waals surface area contributed by atoms with Crippen LogP contribution in [0, 0.1) is 0 Å². The first-order valence-corrected chi connectivity index (χ1v) is 10.0. The molecule has 0 unspecified atom stereocenters. The van der Waals surface area contributed by atoms with Crippen molar-refractivity contribution in [3.8, 4) is 10.7 Å². The Hall–Kier alpha value is -1.21. The molecule has 1 aliphatic carbocycles. The molecule has 0 saturated heterocycles. The third-order valence-electron chi connectivity index (χ3n) is 4.51. The fourth-order valence-electron chi connectivity index (χ4n) is 3.18. The maximum absolute atomic E-state index is 12.1. The van der Waals surface area contributed by atoms with Crippen LogP contribution in [0.4, 0.5) is 0 Å². The number of hydrogen-bond acceptors (Lipinski definition) is 5. The number of rotatable bonds is 7. The van der Waals surface area contributed by atoms with Crippen molar-refractivity contribution in [1.29, 1.82) is 0 Å². The molecule has 0 bridgehead atoms. The molecule has 0 spiro atoms. The van der Waals surface area contributed by atoms with Gasteiger partial charge < -0.3 is 10.6 Å². The van der Waals surface area contributed by atoms with Crippen LogP contribution in [0.5, 0.6) is 0 Å². The van der Waals surface area contributed by atoms with Crippen molar-refractivity contribution in [3.05, 3.63) is 35.5 Å². The van der Waals surface area contributed by atoms with Crippen molar-refractivity contribution in [2.75, 3.05) is 13.1 Å². The van der Waals surface area contributed by atoms with Crippen LogP contribution in [-0.4, -0.2) is 35.0 Å². The zero-order valence-electron chi connectivity index (χ0n) is 15.4. The number of carbonyl (C=O) groups excluding carboxylic acids is 1. The standard InChI is InChI=1S/C19H26N4OS.2ClH/c24-18(22-12-11-20-15-7-3-1-2-4-8-15)13-16-14-25-19(23-16)17-9-5-6-10-21-17;;/h5-6,9-10,14-15,20H,1-4,7-8,11-13H2,(H,22,24);2*1H. The number of carbonyl (C=O) groups is 1. The average molecular weight is 431 g/mol. The first-order chi connectivity index (χ1) is 12.3. The Labute approximate surface area is 177 Å². The van der Waals surface area contributed by atoms with Crippen molar-refractivity contribution in [3.63, 3.8) is 0 Å². The number of halogens is 2. The van der Waals surface area contributed by atoms with Crippen LogP contribution >= 0.6 is 36.2 Å². The molecule has 1 saturated carbocycles. The number of hydrogen-bond donors (Lipinski definition) is 2. The smallest absolute Gasteiger partial charge is 0.226 e. The largest absolute Gasteiger partial charge is 0.354 e. The van der Waals surface area contributed by atoms with Gasteiger partial charge in [0.1, 0.15) is 5.01 Å². The van der Waals surface area contributed by atoms with E-state index in [1.165, 1.54) is 49.9 Å². The summed E-state index contributed by atoms with van der Waals surface area (Å²) >= 11 is 1.53. The summed E-state index contributed by atoms with van der Waals surface area (Å²) in [6.45, 7) is 1.51. The van der Waals surface area contributed by atoms with E-state index in [0.29, 0.717) is 19.0 Å². The van der Waals surface area contributed by atoms with E-state index >= 15 is 0 Å². The molecule has 3 rings (SSSR count). The Kier molecular flexibility index (Phi) is 11.5. The maximum atomic E-state index is 12.1. The molecule has 0 atom stereocenters. The molecule has 0 aromatic carbocycles. The molecule has 0 radical (unpaired) electrons. The number of nitrogens with one attached hydrogen (secondary N) is 2. The second kappa shape index (κ2) is 13.0. The van der Waals surface area contributed by atoms with Crippen molar-refractivity contribution < 1.29 is 4.79 Å². The highest BCUT2D eigenvalue weighted by Crippen LogP contribution is 2.21. The summed E-state index contributed by atoms with van der Waals surface area (Å²) in [5.74, 6) is 0.0283. The fraction of sp³-hybridized carbons (Fsp3) is 0.526. The van der Waals surface area contributed by atoms with E-state index in [1.807, 2.05) is 23.6 Å². The third kappa shape index (κ3) is 8.13. The highest BCUT2D eigenvalue weighted by Gasteiger charge is 2.12. The van der Waals surface area contributed by atoms with Crippen molar-refractivity contribution in [2.24, 2.45) is 0 Å². The summed E-state index contributed by atoms with van der Waals surface area (Å²) in [6, 6.07) is 6.38. The molecular weight excluding hydrogens is 403 g/mol. The molecule has 2 aromatic heterocycles. The Morgan fingerprint density at radius 3 is 2.59 bits per heavy atom. The van der Waals surface area contributed by atoms with Gasteiger partial charge in [-0.1, -0.05) is 31.7 Å². The number of thiazole rings is 1. The van der Waals surface area contributed by atoms with E-state index in [9.17, 15) is 4.79 Å². The monoisotopic (exact) mass is 430 g/mol. The summed E-state index contributed by atoms with van der Waals surface area (Å²) in [4.78, 5) is 20.9. The molecule has 0 aliphatic heterocycles. The van der Waals surface area contributed by atoms with Gasteiger partial charge in [0.05, 0.1) is 17.8 Å². The minimum atomic E-state index is 0. The Morgan fingerprint density at radius 2 is 1.89 bits per heavy atom. The van der Waals surface area contributed by atoms with E-state index < -0.39 is 0 Å². The maximum Gasteiger partial charge on any atom is 0.226 e. The van der Waals surface area contributed by atoms with Crippen LogP contribution < -0.4 is 10.6 Å². The number of nitrogens with zero attached hydrogens (tertiary/aromatic N) is 2. The quantitative estimate of drug-likeness (QED) is 0.513. The molecule has 1 aliphatic rings. The van der Waals surface area contributed by atoms with Crippen LogP contribution in [0.2, 0.25) is 0 Å². The minimum absolute atomic E-state index is 0. The van der Waals surface area contributed by atoms with E-state index in [-0.39, 0.29) is 30.7 Å². The molecule has 2 aromatic rings. The molecule has 8 heteroatoms. The van der Waals surface area contributed by atoms with Crippen molar-refractivity contribution in [2.45, 2.75) is 51.0 Å². The summed E-state index contributed by atoms with van der Waals surface area (Å²) in [5.41, 5.74) is 1.66. The van der Waals surface area contributed by atoms with Crippen LogP contribution in [-0.2, 0) is 11.2 Å². The number of pyridine rings is 1. The van der Waals surface area contributed by atoms with Gasteiger partial charge >= 0.3 is 0 Å². The topological polar surface area (TPSA) is 66.9 Å². The SMILES string of the molecule is Cl.Cl.O=C(Cc1csc(-c2ccccn2)n1)NCCNC1CCCCCC1. The fourth-order valence-corrected chi connectivity index (χ4v) is 3.98. The highest BCUT2D eigenvalue weighted by atomic mass is 35.5. The Bertz CT molecular complexity index is 661. The van der Waals surface area contributed by atoms with Crippen molar-refractivity contribution in [1.82, 2.24) is 20.6 Å². The zero-order valence-corrected chi connectivity index (χ0v) is 17.8. The number of aromatic nitrogens is 2. The molecule has 1 fully saturated rings. The second-order valence-corrected chi connectivity index (χ2v) is 7.39. The summed E-state index contributed by atoms with van der Waals surface area (Å²) in [7, 11) is 0. The van der Waals surface area contributed by atoms with Gasteiger partial charge in [-0.15, -0.1) is 36.2 Å². The lowest BCUT2D eigenvalue weighted by Gasteiger charge is -2.16. The van der Waals surface area contributed by atoms with E-state index in [4.69, 9.17) is 0 Å².